The van der Waals surface area contributed by atoms with Crippen LogP contribution in [0.15, 0.2) is 4.52 Å². The van der Waals surface area contributed by atoms with E-state index in [1.165, 1.54) is 19.3 Å². The second-order valence-electron chi connectivity index (χ2n) is 5.59. The van der Waals surface area contributed by atoms with E-state index >= 15 is 0 Å². The molecule has 18 heavy (non-hydrogen) atoms. The molecule has 0 aromatic carbocycles. The van der Waals surface area contributed by atoms with E-state index in [9.17, 15) is 0 Å². The number of aryl methyl sites for hydroxylation is 1. The number of aromatic nitrogens is 1. The van der Waals surface area contributed by atoms with Gasteiger partial charge in [-0.3, -0.25) is 0 Å². The summed E-state index contributed by atoms with van der Waals surface area (Å²) in [4.78, 5) is 0. The molecule has 0 bridgehead atoms. The molecule has 1 atom stereocenters. The van der Waals surface area contributed by atoms with Crippen LogP contribution in [-0.4, -0.2) is 17.9 Å². The third-order valence-electron chi connectivity index (χ3n) is 3.48. The van der Waals surface area contributed by atoms with Crippen LogP contribution in [0.3, 0.4) is 0 Å². The summed E-state index contributed by atoms with van der Waals surface area (Å²) in [5.74, 6) is 2.08. The molecule has 4 heteroatoms. The molecule has 0 radical (unpaired) electrons. The standard InChI is InChI=1S/C14H24N2O2/c1-10(2)9-12-13(18-16-14(12)15)7-6-11-5-3-4-8-17-11/h10-11H,3-9H2,1-2H3,(H2,15,16). The van der Waals surface area contributed by atoms with Crippen LogP contribution >= 0.6 is 0 Å². The first-order chi connectivity index (χ1) is 8.66. The van der Waals surface area contributed by atoms with Crippen molar-refractivity contribution in [2.75, 3.05) is 12.3 Å². The van der Waals surface area contributed by atoms with Gasteiger partial charge in [0.1, 0.15) is 5.76 Å². The van der Waals surface area contributed by atoms with Gasteiger partial charge < -0.3 is 15.0 Å². The van der Waals surface area contributed by atoms with Gasteiger partial charge in [0.15, 0.2) is 5.82 Å². The molecular weight excluding hydrogens is 228 g/mol. The Morgan fingerprint density at radius 3 is 2.89 bits per heavy atom. The third kappa shape index (κ3) is 3.48. The van der Waals surface area contributed by atoms with Crippen molar-refractivity contribution >= 4 is 5.82 Å². The molecule has 1 aromatic rings. The Labute approximate surface area is 109 Å². The molecule has 4 nitrogen and oxygen atoms in total. The van der Waals surface area contributed by atoms with Crippen molar-refractivity contribution in [3.05, 3.63) is 11.3 Å². The molecular formula is C14H24N2O2. The largest absolute Gasteiger partial charge is 0.381 e. The van der Waals surface area contributed by atoms with Crippen LogP contribution in [0, 0.1) is 5.92 Å². The van der Waals surface area contributed by atoms with Gasteiger partial charge in [0.2, 0.25) is 0 Å². The fourth-order valence-electron chi connectivity index (χ4n) is 2.51. The predicted molar refractivity (Wildman–Crippen MR) is 71.4 cm³/mol. The monoisotopic (exact) mass is 252 g/mol. The maximum absolute atomic E-state index is 5.86. The maximum atomic E-state index is 5.86. The molecule has 1 aliphatic heterocycles. The number of ether oxygens (including phenoxy) is 1. The molecule has 1 unspecified atom stereocenters. The third-order valence-corrected chi connectivity index (χ3v) is 3.48. The van der Waals surface area contributed by atoms with Crippen molar-refractivity contribution < 1.29 is 9.26 Å². The van der Waals surface area contributed by atoms with E-state index in [4.69, 9.17) is 15.0 Å². The Morgan fingerprint density at radius 1 is 1.39 bits per heavy atom. The lowest BCUT2D eigenvalue weighted by molar-refractivity contribution is 0.0105. The van der Waals surface area contributed by atoms with Gasteiger partial charge in [0.25, 0.3) is 0 Å². The molecule has 102 valence electrons. The number of nitrogens with zero attached hydrogens (tertiary/aromatic N) is 1. The topological polar surface area (TPSA) is 61.3 Å². The van der Waals surface area contributed by atoms with E-state index < -0.39 is 0 Å². The van der Waals surface area contributed by atoms with E-state index in [0.29, 0.717) is 17.8 Å². The van der Waals surface area contributed by atoms with Gasteiger partial charge in [0.05, 0.1) is 6.10 Å². The summed E-state index contributed by atoms with van der Waals surface area (Å²) in [5.41, 5.74) is 6.96. The number of hydrogen-bond donors (Lipinski definition) is 1. The smallest absolute Gasteiger partial charge is 0.170 e. The molecule has 1 saturated heterocycles. The fourth-order valence-corrected chi connectivity index (χ4v) is 2.51. The number of nitrogens with two attached hydrogens (primary N) is 1. The van der Waals surface area contributed by atoms with Crippen LogP contribution in [-0.2, 0) is 17.6 Å². The summed E-state index contributed by atoms with van der Waals surface area (Å²) < 4.78 is 11.1. The Kier molecular flexibility index (Phi) is 4.64. The minimum Gasteiger partial charge on any atom is -0.381 e. The van der Waals surface area contributed by atoms with E-state index in [0.717, 1.165) is 37.2 Å². The Balaban J connectivity index is 1.91. The number of hydrogen-bond acceptors (Lipinski definition) is 4. The van der Waals surface area contributed by atoms with Gasteiger partial charge in [-0.2, -0.15) is 0 Å². The van der Waals surface area contributed by atoms with Crippen LogP contribution in [0.2, 0.25) is 0 Å². The molecule has 1 aliphatic rings. The van der Waals surface area contributed by atoms with E-state index in [-0.39, 0.29) is 0 Å². The summed E-state index contributed by atoms with van der Waals surface area (Å²) in [7, 11) is 0. The minimum absolute atomic E-state index is 0.386. The summed E-state index contributed by atoms with van der Waals surface area (Å²) in [6.07, 6.45) is 6.87. The summed E-state index contributed by atoms with van der Waals surface area (Å²) in [6.45, 7) is 5.27. The Bertz CT molecular complexity index is 368. The van der Waals surface area contributed by atoms with Gasteiger partial charge in [-0.1, -0.05) is 19.0 Å². The van der Waals surface area contributed by atoms with Gasteiger partial charge in [-0.15, -0.1) is 0 Å². The molecule has 0 aliphatic carbocycles. The zero-order valence-electron chi connectivity index (χ0n) is 11.4. The van der Waals surface area contributed by atoms with Crippen molar-refractivity contribution in [3.63, 3.8) is 0 Å². The van der Waals surface area contributed by atoms with Crippen molar-refractivity contribution in [1.82, 2.24) is 5.16 Å². The molecule has 1 fully saturated rings. The van der Waals surface area contributed by atoms with Crippen molar-refractivity contribution in [1.29, 1.82) is 0 Å². The molecule has 1 aromatic heterocycles. The average Bonchev–Trinajstić information content (AvgIpc) is 2.69. The second kappa shape index (κ2) is 6.23. The van der Waals surface area contributed by atoms with Gasteiger partial charge in [-0.25, -0.2) is 0 Å². The molecule has 0 spiro atoms. The summed E-state index contributed by atoms with van der Waals surface area (Å²) >= 11 is 0. The highest BCUT2D eigenvalue weighted by Crippen LogP contribution is 2.24. The van der Waals surface area contributed by atoms with Gasteiger partial charge >= 0.3 is 0 Å². The van der Waals surface area contributed by atoms with Crippen LogP contribution < -0.4 is 5.73 Å². The SMILES string of the molecule is CC(C)Cc1c(N)noc1CCC1CCCCO1. The van der Waals surface area contributed by atoms with Crippen molar-refractivity contribution in [3.8, 4) is 0 Å². The summed E-state index contributed by atoms with van der Waals surface area (Å²) in [5, 5.41) is 3.90. The lowest BCUT2D eigenvalue weighted by atomic mass is 9.98. The molecule has 2 N–H and O–H groups in total. The highest BCUT2D eigenvalue weighted by molar-refractivity contribution is 5.40. The zero-order chi connectivity index (χ0) is 13.0. The molecule has 2 heterocycles. The first-order valence-electron chi connectivity index (χ1n) is 7.01. The zero-order valence-corrected chi connectivity index (χ0v) is 11.4. The van der Waals surface area contributed by atoms with Gasteiger partial charge in [0, 0.05) is 18.6 Å². The second-order valence-corrected chi connectivity index (χ2v) is 5.59. The first-order valence-corrected chi connectivity index (χ1v) is 7.01. The Morgan fingerprint density at radius 2 is 2.22 bits per heavy atom. The Hall–Kier alpha value is -1.03. The highest BCUT2D eigenvalue weighted by Gasteiger charge is 2.18. The maximum Gasteiger partial charge on any atom is 0.170 e. The number of rotatable bonds is 5. The van der Waals surface area contributed by atoms with Crippen molar-refractivity contribution in [2.45, 2.75) is 58.5 Å². The lowest BCUT2D eigenvalue weighted by Crippen LogP contribution is -2.19. The van der Waals surface area contributed by atoms with Crippen LogP contribution in [0.5, 0.6) is 0 Å². The molecule has 0 amide bonds. The quantitative estimate of drug-likeness (QED) is 0.875. The lowest BCUT2D eigenvalue weighted by Gasteiger charge is -2.22. The van der Waals surface area contributed by atoms with Crippen LogP contribution in [0.1, 0.15) is 50.9 Å². The number of nitrogen functional groups attached to an aromatic ring is 1. The van der Waals surface area contributed by atoms with Gasteiger partial charge in [-0.05, 0) is 38.0 Å². The minimum atomic E-state index is 0.386. The van der Waals surface area contributed by atoms with E-state index in [1.807, 2.05) is 0 Å². The van der Waals surface area contributed by atoms with E-state index in [1.54, 1.807) is 0 Å². The average molecular weight is 252 g/mol. The first kappa shape index (κ1) is 13.4. The molecule has 0 saturated carbocycles. The summed E-state index contributed by atoms with van der Waals surface area (Å²) in [6, 6.07) is 0. The van der Waals surface area contributed by atoms with Crippen LogP contribution in [0.25, 0.3) is 0 Å². The molecule has 2 rings (SSSR count). The van der Waals surface area contributed by atoms with Crippen LogP contribution in [0.4, 0.5) is 5.82 Å². The normalized spacial score (nSPS) is 20.5. The predicted octanol–water partition coefficient (Wildman–Crippen LogP) is 2.96. The van der Waals surface area contributed by atoms with Crippen molar-refractivity contribution in [2.24, 2.45) is 5.92 Å². The number of anilines is 1. The fraction of sp³-hybridized carbons (Fsp3) is 0.786. The highest BCUT2D eigenvalue weighted by atomic mass is 16.5. The van der Waals surface area contributed by atoms with E-state index in [2.05, 4.69) is 19.0 Å².